The molecule has 96 valence electrons. The first-order valence-corrected chi connectivity index (χ1v) is 7.18. The van der Waals surface area contributed by atoms with Crippen molar-refractivity contribution in [2.75, 3.05) is 0 Å². The number of halogens is 1. The van der Waals surface area contributed by atoms with Crippen LogP contribution in [0.2, 0.25) is 0 Å². The molecule has 1 atom stereocenters. The average Bonchev–Trinajstić information content (AvgIpc) is 2.88. The predicted octanol–water partition coefficient (Wildman–Crippen LogP) is 4.17. The van der Waals surface area contributed by atoms with Crippen LogP contribution in [0.5, 0.6) is 0 Å². The summed E-state index contributed by atoms with van der Waals surface area (Å²) in [7, 11) is 0. The van der Waals surface area contributed by atoms with E-state index in [0.717, 1.165) is 18.2 Å². The molecule has 1 aromatic heterocycles. The van der Waals surface area contributed by atoms with E-state index in [-0.39, 0.29) is 5.38 Å². The number of nitrogens with one attached hydrogen (secondary N) is 1. The summed E-state index contributed by atoms with van der Waals surface area (Å²) >= 11 is 6.72. The van der Waals surface area contributed by atoms with Crippen molar-refractivity contribution in [2.24, 2.45) is 11.3 Å². The van der Waals surface area contributed by atoms with Gasteiger partial charge in [-0.25, -0.2) is 4.98 Å². The van der Waals surface area contributed by atoms with E-state index in [1.54, 1.807) is 0 Å². The molecule has 2 nitrogen and oxygen atoms in total. The summed E-state index contributed by atoms with van der Waals surface area (Å²) in [4.78, 5) is 7.46. The Morgan fingerprint density at radius 2 is 2.12 bits per heavy atom. The number of aromatic nitrogens is 2. The largest absolute Gasteiger partial charge is 0.349 e. The Balaban J connectivity index is 2.05. The molecule has 0 bridgehead atoms. The zero-order chi connectivity index (χ0) is 12.3. The summed E-state index contributed by atoms with van der Waals surface area (Å²) in [5, 5.41) is 0.221. The first kappa shape index (κ1) is 12.9. The van der Waals surface area contributed by atoms with Gasteiger partial charge in [0.25, 0.3) is 0 Å². The normalized spacial score (nSPS) is 20.9. The van der Waals surface area contributed by atoms with Gasteiger partial charge in [-0.1, -0.05) is 26.7 Å². The third-order valence-corrected chi connectivity index (χ3v) is 4.62. The van der Waals surface area contributed by atoms with Gasteiger partial charge in [-0.15, -0.1) is 11.6 Å². The second-order valence-corrected chi connectivity index (χ2v) is 6.40. The van der Waals surface area contributed by atoms with Crippen molar-refractivity contribution in [1.82, 2.24) is 9.97 Å². The van der Waals surface area contributed by atoms with Gasteiger partial charge in [-0.2, -0.15) is 0 Å². The van der Waals surface area contributed by atoms with Gasteiger partial charge in [-0.3, -0.25) is 0 Å². The number of hydrogen-bond acceptors (Lipinski definition) is 1. The third-order valence-electron chi connectivity index (χ3n) is 4.01. The van der Waals surface area contributed by atoms with Crippen molar-refractivity contribution in [2.45, 2.75) is 57.7 Å². The maximum atomic E-state index is 6.72. The third kappa shape index (κ3) is 3.04. The molecule has 2 rings (SSSR count). The van der Waals surface area contributed by atoms with Gasteiger partial charge in [0.05, 0.1) is 0 Å². The summed E-state index contributed by atoms with van der Waals surface area (Å²) in [6.07, 6.45) is 11.1. The van der Waals surface area contributed by atoms with E-state index in [4.69, 9.17) is 11.6 Å². The number of H-pyrrole nitrogens is 1. The molecule has 1 N–H and O–H groups in total. The van der Waals surface area contributed by atoms with Gasteiger partial charge in [-0.05, 0) is 30.6 Å². The van der Waals surface area contributed by atoms with Crippen molar-refractivity contribution >= 4 is 11.6 Å². The van der Waals surface area contributed by atoms with Gasteiger partial charge in [0.15, 0.2) is 0 Å². The van der Waals surface area contributed by atoms with Crippen LogP contribution in [0, 0.1) is 11.3 Å². The van der Waals surface area contributed by atoms with Crippen molar-refractivity contribution in [1.29, 1.82) is 0 Å². The molecular weight excluding hydrogens is 232 g/mol. The molecule has 1 saturated carbocycles. The smallest absolute Gasteiger partial charge is 0.107 e. The molecule has 0 aliphatic heterocycles. The van der Waals surface area contributed by atoms with Crippen LogP contribution in [0.15, 0.2) is 12.4 Å². The van der Waals surface area contributed by atoms with Gasteiger partial charge in [0.2, 0.25) is 0 Å². The van der Waals surface area contributed by atoms with Crippen LogP contribution in [0.3, 0.4) is 0 Å². The summed E-state index contributed by atoms with van der Waals surface area (Å²) < 4.78 is 0. The van der Waals surface area contributed by atoms with E-state index in [1.807, 2.05) is 12.4 Å². The standard InChI is InChI=1S/C14H23ClN2/c1-11(2)10-14(5-3-4-6-14)12(15)9-13-16-7-8-17-13/h7-8,11-12H,3-6,9-10H2,1-2H3,(H,16,17). The van der Waals surface area contributed by atoms with E-state index in [9.17, 15) is 0 Å². The molecule has 1 aliphatic carbocycles. The number of nitrogens with zero attached hydrogens (tertiary/aromatic N) is 1. The van der Waals surface area contributed by atoms with E-state index in [2.05, 4.69) is 23.8 Å². The van der Waals surface area contributed by atoms with E-state index >= 15 is 0 Å². The molecule has 1 aliphatic rings. The second kappa shape index (κ2) is 5.43. The number of imidazole rings is 1. The Labute approximate surface area is 109 Å². The molecular formula is C14H23ClN2. The van der Waals surface area contributed by atoms with Gasteiger partial charge in [0.1, 0.15) is 5.82 Å². The maximum Gasteiger partial charge on any atom is 0.107 e. The quantitative estimate of drug-likeness (QED) is 0.785. The first-order chi connectivity index (χ1) is 8.12. The fourth-order valence-corrected chi connectivity index (χ4v) is 3.79. The fourth-order valence-electron chi connectivity index (χ4n) is 3.33. The highest BCUT2D eigenvalue weighted by molar-refractivity contribution is 6.21. The van der Waals surface area contributed by atoms with Crippen LogP contribution in [-0.4, -0.2) is 15.3 Å². The van der Waals surface area contributed by atoms with Crippen molar-refractivity contribution in [3.05, 3.63) is 18.2 Å². The van der Waals surface area contributed by atoms with E-state index < -0.39 is 0 Å². The van der Waals surface area contributed by atoms with Gasteiger partial charge >= 0.3 is 0 Å². The van der Waals surface area contributed by atoms with Crippen LogP contribution >= 0.6 is 11.6 Å². The zero-order valence-electron chi connectivity index (χ0n) is 10.9. The Morgan fingerprint density at radius 1 is 1.41 bits per heavy atom. The molecule has 1 fully saturated rings. The molecule has 0 saturated heterocycles. The Hall–Kier alpha value is -0.500. The second-order valence-electron chi connectivity index (χ2n) is 5.87. The van der Waals surface area contributed by atoms with E-state index in [0.29, 0.717) is 5.41 Å². The molecule has 1 unspecified atom stereocenters. The molecule has 0 aromatic carbocycles. The van der Waals surface area contributed by atoms with Crippen LogP contribution in [0.1, 0.15) is 51.8 Å². The highest BCUT2D eigenvalue weighted by Crippen LogP contribution is 2.48. The van der Waals surface area contributed by atoms with Crippen molar-refractivity contribution < 1.29 is 0 Å². The lowest BCUT2D eigenvalue weighted by molar-refractivity contribution is 0.220. The SMILES string of the molecule is CC(C)CC1(C(Cl)Cc2ncc[nH]2)CCCC1. The molecule has 0 radical (unpaired) electrons. The summed E-state index contributed by atoms with van der Waals surface area (Å²) in [6.45, 7) is 4.60. The highest BCUT2D eigenvalue weighted by atomic mass is 35.5. The minimum Gasteiger partial charge on any atom is -0.349 e. The minimum atomic E-state index is 0.221. The van der Waals surface area contributed by atoms with Crippen molar-refractivity contribution in [3.63, 3.8) is 0 Å². The number of hydrogen-bond donors (Lipinski definition) is 1. The number of alkyl halides is 1. The fraction of sp³-hybridized carbons (Fsp3) is 0.786. The zero-order valence-corrected chi connectivity index (χ0v) is 11.6. The monoisotopic (exact) mass is 254 g/mol. The highest BCUT2D eigenvalue weighted by Gasteiger charge is 2.40. The molecule has 1 aromatic rings. The summed E-state index contributed by atoms with van der Waals surface area (Å²) in [5.74, 6) is 1.76. The predicted molar refractivity (Wildman–Crippen MR) is 72.3 cm³/mol. The average molecular weight is 255 g/mol. The first-order valence-electron chi connectivity index (χ1n) is 6.75. The molecule has 0 amide bonds. The maximum absolute atomic E-state index is 6.72. The molecule has 0 spiro atoms. The van der Waals surface area contributed by atoms with Crippen LogP contribution in [0.4, 0.5) is 0 Å². The van der Waals surface area contributed by atoms with Gasteiger partial charge < -0.3 is 4.98 Å². The lowest BCUT2D eigenvalue weighted by Gasteiger charge is -2.35. The summed E-state index contributed by atoms with van der Waals surface area (Å²) in [6, 6.07) is 0. The topological polar surface area (TPSA) is 28.7 Å². The van der Waals surface area contributed by atoms with E-state index in [1.165, 1.54) is 32.1 Å². The van der Waals surface area contributed by atoms with Crippen LogP contribution < -0.4 is 0 Å². The molecule has 17 heavy (non-hydrogen) atoms. The molecule has 3 heteroatoms. The number of aromatic amines is 1. The Morgan fingerprint density at radius 3 is 2.65 bits per heavy atom. The van der Waals surface area contributed by atoms with Crippen LogP contribution in [-0.2, 0) is 6.42 Å². The molecule has 1 heterocycles. The lowest BCUT2D eigenvalue weighted by atomic mass is 9.74. The Kier molecular flexibility index (Phi) is 4.13. The minimum absolute atomic E-state index is 0.221. The van der Waals surface area contributed by atoms with Crippen molar-refractivity contribution in [3.8, 4) is 0 Å². The van der Waals surface area contributed by atoms with Crippen LogP contribution in [0.25, 0.3) is 0 Å². The lowest BCUT2D eigenvalue weighted by Crippen LogP contribution is -2.32. The summed E-state index contributed by atoms with van der Waals surface area (Å²) in [5.41, 5.74) is 0.350. The van der Waals surface area contributed by atoms with Gasteiger partial charge in [0, 0.05) is 24.2 Å². The Bertz CT molecular complexity index is 326. The number of rotatable bonds is 5.